The van der Waals surface area contributed by atoms with E-state index in [1.165, 1.54) is 23.1 Å². The largest absolute Gasteiger partial charge is 0.368 e. The molecule has 0 aliphatic rings. The lowest BCUT2D eigenvalue weighted by molar-refractivity contribution is -0.117. The molecule has 2 N–H and O–H groups in total. The van der Waals surface area contributed by atoms with Gasteiger partial charge in [-0.05, 0) is 12.5 Å². The van der Waals surface area contributed by atoms with E-state index in [4.69, 9.17) is 5.73 Å². The average molecular weight is 265 g/mol. The Morgan fingerprint density at radius 2 is 2.06 bits per heavy atom. The van der Waals surface area contributed by atoms with E-state index in [0.29, 0.717) is 0 Å². The van der Waals surface area contributed by atoms with Crippen molar-refractivity contribution in [1.29, 1.82) is 0 Å². The molecule has 6 heteroatoms. The molecule has 0 aliphatic heterocycles. The highest BCUT2D eigenvalue weighted by Gasteiger charge is 2.20. The molecule has 0 aliphatic carbocycles. The van der Waals surface area contributed by atoms with Crippen LogP contribution in [0.2, 0.25) is 0 Å². The van der Waals surface area contributed by atoms with Gasteiger partial charge in [0.2, 0.25) is 5.91 Å². The lowest BCUT2D eigenvalue weighted by Gasteiger charge is -2.10. The van der Waals surface area contributed by atoms with Crippen LogP contribution in [0, 0.1) is 6.92 Å². The molecule has 0 saturated heterocycles. The molecule has 2 rings (SSSR count). The van der Waals surface area contributed by atoms with Gasteiger partial charge >= 0.3 is 0 Å². The number of nitrogens with zero attached hydrogens (tertiary/aromatic N) is 2. The van der Waals surface area contributed by atoms with Gasteiger partial charge in [0.05, 0.1) is 0 Å². The Morgan fingerprint density at radius 1 is 1.35 bits per heavy atom. The molecule has 0 unspecified atom stereocenters. The number of hydrogen-bond acceptors (Lipinski definition) is 5. The van der Waals surface area contributed by atoms with E-state index >= 15 is 0 Å². The summed E-state index contributed by atoms with van der Waals surface area (Å²) in [4.78, 5) is 11.5. The van der Waals surface area contributed by atoms with Crippen LogP contribution >= 0.6 is 23.1 Å². The lowest BCUT2D eigenvalue weighted by atomic mass is 10.1. The summed E-state index contributed by atoms with van der Waals surface area (Å²) in [5.41, 5.74) is 6.31. The first-order valence-electron chi connectivity index (χ1n) is 4.98. The number of carbonyl (C=O) groups is 1. The molecule has 1 aromatic heterocycles. The van der Waals surface area contributed by atoms with Crippen molar-refractivity contribution < 1.29 is 4.79 Å². The van der Waals surface area contributed by atoms with Crippen molar-refractivity contribution in [3.63, 3.8) is 0 Å². The number of rotatable bonds is 4. The van der Waals surface area contributed by atoms with Crippen molar-refractivity contribution in [2.45, 2.75) is 16.5 Å². The molecule has 1 heterocycles. The molecule has 0 fully saturated rings. The third-order valence-corrected chi connectivity index (χ3v) is 4.28. The minimum absolute atomic E-state index is 0.367. The van der Waals surface area contributed by atoms with E-state index in [9.17, 15) is 4.79 Å². The summed E-state index contributed by atoms with van der Waals surface area (Å²) < 4.78 is 0.759. The SMILES string of the molecule is Cc1nnc(S[C@@H](C(N)=O)c2ccccc2)s1. The van der Waals surface area contributed by atoms with Crippen molar-refractivity contribution in [2.24, 2.45) is 5.73 Å². The lowest BCUT2D eigenvalue weighted by Crippen LogP contribution is -2.18. The van der Waals surface area contributed by atoms with Gasteiger partial charge in [-0.3, -0.25) is 4.79 Å². The van der Waals surface area contributed by atoms with Crippen LogP contribution in [-0.2, 0) is 4.79 Å². The van der Waals surface area contributed by atoms with Crippen LogP contribution in [0.15, 0.2) is 34.7 Å². The zero-order valence-corrected chi connectivity index (χ0v) is 10.8. The molecule has 0 spiro atoms. The minimum atomic E-state index is -0.413. The number of benzene rings is 1. The number of primary amides is 1. The summed E-state index contributed by atoms with van der Waals surface area (Å²) in [6, 6.07) is 9.45. The van der Waals surface area contributed by atoms with Crippen LogP contribution in [0.25, 0.3) is 0 Å². The highest BCUT2D eigenvalue weighted by atomic mass is 32.2. The zero-order valence-electron chi connectivity index (χ0n) is 9.16. The molecular formula is C11H11N3OS2. The number of hydrogen-bond donors (Lipinski definition) is 1. The first-order chi connectivity index (χ1) is 8.16. The van der Waals surface area contributed by atoms with Gasteiger partial charge < -0.3 is 5.73 Å². The van der Waals surface area contributed by atoms with E-state index in [0.717, 1.165) is 14.9 Å². The molecular weight excluding hydrogens is 254 g/mol. The van der Waals surface area contributed by atoms with Gasteiger partial charge in [-0.15, -0.1) is 10.2 Å². The average Bonchev–Trinajstić information content (AvgIpc) is 2.73. The second kappa shape index (κ2) is 5.29. The van der Waals surface area contributed by atoms with Gasteiger partial charge in [-0.25, -0.2) is 0 Å². The van der Waals surface area contributed by atoms with E-state index in [-0.39, 0.29) is 5.91 Å². The predicted molar refractivity (Wildman–Crippen MR) is 68.9 cm³/mol. The van der Waals surface area contributed by atoms with Crippen LogP contribution in [0.4, 0.5) is 0 Å². The van der Waals surface area contributed by atoms with Crippen LogP contribution in [0.3, 0.4) is 0 Å². The summed E-state index contributed by atoms with van der Waals surface area (Å²) in [5.74, 6) is -0.367. The van der Waals surface area contributed by atoms with E-state index in [2.05, 4.69) is 10.2 Å². The number of amides is 1. The van der Waals surface area contributed by atoms with Gasteiger partial charge in [0.1, 0.15) is 10.3 Å². The first-order valence-corrected chi connectivity index (χ1v) is 6.67. The molecule has 1 aromatic carbocycles. The molecule has 0 saturated carbocycles. The summed E-state index contributed by atoms with van der Waals surface area (Å²) in [6.07, 6.45) is 0. The molecule has 0 radical (unpaired) electrons. The standard InChI is InChI=1S/C11H11N3OS2/c1-7-13-14-11(16-7)17-9(10(12)15)8-5-3-2-4-6-8/h2-6,9H,1H3,(H2,12,15)/t9-/m1/s1. The Kier molecular flexibility index (Phi) is 3.75. The first kappa shape index (κ1) is 12.1. The third-order valence-electron chi connectivity index (χ3n) is 2.09. The normalized spacial score (nSPS) is 12.3. The highest BCUT2D eigenvalue weighted by Crippen LogP contribution is 2.36. The van der Waals surface area contributed by atoms with Crippen molar-refractivity contribution >= 4 is 29.0 Å². The Hall–Kier alpha value is -1.40. The summed E-state index contributed by atoms with van der Waals surface area (Å²) >= 11 is 2.80. The highest BCUT2D eigenvalue weighted by molar-refractivity contribution is 8.01. The van der Waals surface area contributed by atoms with Crippen LogP contribution in [0.1, 0.15) is 15.8 Å². The van der Waals surface area contributed by atoms with Gasteiger partial charge in [0.25, 0.3) is 0 Å². The van der Waals surface area contributed by atoms with Crippen molar-refractivity contribution in [3.05, 3.63) is 40.9 Å². The third kappa shape index (κ3) is 3.04. The van der Waals surface area contributed by atoms with E-state index in [1.807, 2.05) is 37.3 Å². The second-order valence-corrected chi connectivity index (χ2v) is 5.93. The van der Waals surface area contributed by atoms with Crippen molar-refractivity contribution in [2.75, 3.05) is 0 Å². The number of carbonyl (C=O) groups excluding carboxylic acids is 1. The molecule has 88 valence electrons. The summed E-state index contributed by atoms with van der Waals surface area (Å²) in [7, 11) is 0. The Balaban J connectivity index is 2.22. The van der Waals surface area contributed by atoms with Crippen LogP contribution in [0.5, 0.6) is 0 Å². The van der Waals surface area contributed by atoms with Crippen LogP contribution < -0.4 is 5.73 Å². The maximum Gasteiger partial charge on any atom is 0.235 e. The monoisotopic (exact) mass is 265 g/mol. The van der Waals surface area contributed by atoms with E-state index in [1.54, 1.807) is 0 Å². The molecule has 2 aromatic rings. The van der Waals surface area contributed by atoms with Gasteiger partial charge in [0, 0.05) is 0 Å². The maximum atomic E-state index is 11.5. The molecule has 4 nitrogen and oxygen atoms in total. The van der Waals surface area contributed by atoms with Crippen LogP contribution in [-0.4, -0.2) is 16.1 Å². The minimum Gasteiger partial charge on any atom is -0.368 e. The quantitative estimate of drug-likeness (QED) is 0.860. The zero-order chi connectivity index (χ0) is 12.3. The molecule has 17 heavy (non-hydrogen) atoms. The van der Waals surface area contributed by atoms with Crippen molar-refractivity contribution in [3.8, 4) is 0 Å². The topological polar surface area (TPSA) is 68.9 Å². The summed E-state index contributed by atoms with van der Waals surface area (Å²) in [6.45, 7) is 1.88. The predicted octanol–water partition coefficient (Wildman–Crippen LogP) is 2.17. The number of aromatic nitrogens is 2. The number of thioether (sulfide) groups is 1. The van der Waals surface area contributed by atoms with Crippen molar-refractivity contribution in [1.82, 2.24) is 10.2 Å². The number of nitrogens with two attached hydrogens (primary N) is 1. The molecule has 1 amide bonds. The van der Waals surface area contributed by atoms with Gasteiger partial charge in [0.15, 0.2) is 4.34 Å². The molecule has 1 atom stereocenters. The maximum absolute atomic E-state index is 11.5. The second-order valence-electron chi connectivity index (χ2n) is 3.40. The Bertz CT molecular complexity index is 512. The fourth-order valence-electron chi connectivity index (χ4n) is 1.35. The fraction of sp³-hybridized carbons (Fsp3) is 0.182. The van der Waals surface area contributed by atoms with E-state index < -0.39 is 5.25 Å². The Labute approximate surface area is 107 Å². The molecule has 0 bridgehead atoms. The smallest absolute Gasteiger partial charge is 0.235 e. The fourth-order valence-corrected chi connectivity index (χ4v) is 3.30. The van der Waals surface area contributed by atoms with Gasteiger partial charge in [-0.2, -0.15) is 0 Å². The van der Waals surface area contributed by atoms with Gasteiger partial charge in [-0.1, -0.05) is 53.4 Å². The number of aryl methyl sites for hydroxylation is 1. The Morgan fingerprint density at radius 3 is 2.59 bits per heavy atom. The summed E-state index contributed by atoms with van der Waals surface area (Å²) in [5, 5.41) is 8.37.